The molecular formula is C22H30N4O2. The Labute approximate surface area is 166 Å². The van der Waals surface area contributed by atoms with Crippen LogP contribution in [0.3, 0.4) is 0 Å². The van der Waals surface area contributed by atoms with Crippen LogP contribution in [0.4, 0.5) is 0 Å². The van der Waals surface area contributed by atoms with Gasteiger partial charge in [0.05, 0.1) is 13.2 Å². The average molecular weight is 383 g/mol. The van der Waals surface area contributed by atoms with Gasteiger partial charge in [0.25, 0.3) is 0 Å². The molecule has 6 nitrogen and oxygen atoms in total. The number of rotatable bonds is 6. The lowest BCUT2D eigenvalue weighted by atomic mass is 9.95. The Kier molecular flexibility index (Phi) is 5.18. The predicted octanol–water partition coefficient (Wildman–Crippen LogP) is 2.32. The van der Waals surface area contributed by atoms with Gasteiger partial charge in [0, 0.05) is 45.2 Å². The zero-order valence-electron chi connectivity index (χ0n) is 16.7. The minimum Gasteiger partial charge on any atom is -0.384 e. The second-order valence-electron chi connectivity index (χ2n) is 8.66. The minimum absolute atomic E-state index is 0.594. The highest BCUT2D eigenvalue weighted by Crippen LogP contribution is 2.33. The number of hydrogen-bond acceptors (Lipinski definition) is 6. The first-order valence-electron chi connectivity index (χ1n) is 10.6. The molecule has 1 aromatic carbocycles. The van der Waals surface area contributed by atoms with Crippen molar-refractivity contribution < 1.29 is 9.26 Å². The highest BCUT2D eigenvalue weighted by molar-refractivity contribution is 5.33. The van der Waals surface area contributed by atoms with Crippen LogP contribution in [-0.4, -0.2) is 65.4 Å². The first kappa shape index (κ1) is 18.3. The van der Waals surface area contributed by atoms with E-state index in [-0.39, 0.29) is 0 Å². The van der Waals surface area contributed by atoms with Crippen LogP contribution >= 0.6 is 0 Å². The molecule has 0 unspecified atom stereocenters. The van der Waals surface area contributed by atoms with E-state index in [0.29, 0.717) is 25.1 Å². The molecule has 1 aliphatic carbocycles. The fourth-order valence-corrected chi connectivity index (χ4v) is 5.32. The quantitative estimate of drug-likeness (QED) is 0.764. The van der Waals surface area contributed by atoms with Crippen molar-refractivity contribution in [3.05, 3.63) is 47.1 Å². The molecule has 0 radical (unpaired) electrons. The third-order valence-corrected chi connectivity index (χ3v) is 6.78. The number of aromatic nitrogens is 2. The number of nitrogens with zero attached hydrogens (tertiary/aromatic N) is 4. The first-order chi connectivity index (χ1) is 13.8. The smallest absolute Gasteiger partial charge is 0.240 e. The number of methoxy groups -OCH3 is 1. The van der Waals surface area contributed by atoms with Crippen molar-refractivity contribution in [2.75, 3.05) is 33.4 Å². The van der Waals surface area contributed by atoms with E-state index in [9.17, 15) is 0 Å². The number of benzene rings is 1. The van der Waals surface area contributed by atoms with Gasteiger partial charge in [-0.15, -0.1) is 0 Å². The largest absolute Gasteiger partial charge is 0.384 e. The highest BCUT2D eigenvalue weighted by atomic mass is 16.5. The van der Waals surface area contributed by atoms with Gasteiger partial charge >= 0.3 is 0 Å². The molecule has 2 aromatic rings. The van der Waals surface area contributed by atoms with Crippen molar-refractivity contribution in [3.63, 3.8) is 0 Å². The van der Waals surface area contributed by atoms with Gasteiger partial charge in [-0.05, 0) is 42.7 Å². The number of fused-ring (bicyclic) bond motifs is 5. The number of ether oxygens (including phenoxy) is 1. The van der Waals surface area contributed by atoms with Gasteiger partial charge in [-0.3, -0.25) is 9.80 Å². The molecule has 6 rings (SSSR count). The average Bonchev–Trinajstić information content (AvgIpc) is 3.24. The Morgan fingerprint density at radius 3 is 2.68 bits per heavy atom. The number of hydrogen-bond donors (Lipinski definition) is 0. The third-order valence-electron chi connectivity index (χ3n) is 6.78. The zero-order valence-corrected chi connectivity index (χ0v) is 16.7. The standard InChI is InChI=1S/C22H30N4O2/c1-27-9-8-21-23-22(28-24-21)15-26-13-16-6-7-19(26)14-25(12-16)20-10-17-4-2-3-5-18(17)11-20/h2-5,16,19-20H,6-15H2,1H3/t16-,19+/m0/s1. The monoisotopic (exact) mass is 382 g/mol. The van der Waals surface area contributed by atoms with Crippen LogP contribution in [0.25, 0.3) is 0 Å². The normalized spacial score (nSPS) is 25.9. The maximum absolute atomic E-state index is 5.51. The van der Waals surface area contributed by atoms with E-state index in [0.717, 1.165) is 30.7 Å². The molecule has 1 aromatic heterocycles. The van der Waals surface area contributed by atoms with E-state index in [1.807, 2.05) is 0 Å². The molecule has 3 aliphatic heterocycles. The molecule has 28 heavy (non-hydrogen) atoms. The van der Waals surface area contributed by atoms with Crippen molar-refractivity contribution in [2.24, 2.45) is 5.92 Å². The summed E-state index contributed by atoms with van der Waals surface area (Å²) in [7, 11) is 1.70. The molecular weight excluding hydrogens is 352 g/mol. The Hall–Kier alpha value is -1.76. The van der Waals surface area contributed by atoms with Crippen LogP contribution in [-0.2, 0) is 30.5 Å². The Morgan fingerprint density at radius 2 is 1.89 bits per heavy atom. The molecule has 3 saturated heterocycles. The van der Waals surface area contributed by atoms with Crippen molar-refractivity contribution in [3.8, 4) is 0 Å². The van der Waals surface area contributed by atoms with Gasteiger partial charge in [-0.2, -0.15) is 4.98 Å². The van der Waals surface area contributed by atoms with Crippen molar-refractivity contribution in [2.45, 2.75) is 50.7 Å². The van der Waals surface area contributed by atoms with Gasteiger partial charge in [0.2, 0.25) is 5.89 Å². The molecule has 4 heterocycles. The Balaban J connectivity index is 1.24. The summed E-state index contributed by atoms with van der Waals surface area (Å²) < 4.78 is 10.6. The van der Waals surface area contributed by atoms with Crippen LogP contribution in [0.5, 0.6) is 0 Å². The van der Waals surface area contributed by atoms with Gasteiger partial charge in [0.1, 0.15) is 0 Å². The molecule has 0 saturated carbocycles. The van der Waals surface area contributed by atoms with Crippen LogP contribution < -0.4 is 0 Å². The van der Waals surface area contributed by atoms with Crippen LogP contribution in [0, 0.1) is 5.92 Å². The van der Waals surface area contributed by atoms with E-state index in [1.54, 1.807) is 18.2 Å². The van der Waals surface area contributed by atoms with Gasteiger partial charge < -0.3 is 9.26 Å². The minimum atomic E-state index is 0.594. The summed E-state index contributed by atoms with van der Waals surface area (Å²) in [5, 5.41) is 4.10. The summed E-state index contributed by atoms with van der Waals surface area (Å²) in [5.74, 6) is 2.25. The van der Waals surface area contributed by atoms with Crippen molar-refractivity contribution >= 4 is 0 Å². The SMILES string of the molecule is COCCc1noc(CN2C[C@H]3CC[C@@H]2CN(C2Cc4ccccc4C2)C3)n1. The molecule has 2 bridgehead atoms. The highest BCUT2D eigenvalue weighted by Gasteiger charge is 2.38. The van der Waals surface area contributed by atoms with E-state index < -0.39 is 0 Å². The summed E-state index contributed by atoms with van der Waals surface area (Å²) in [4.78, 5) is 9.93. The number of piperidine rings is 1. The van der Waals surface area contributed by atoms with E-state index in [4.69, 9.17) is 9.26 Å². The van der Waals surface area contributed by atoms with Gasteiger partial charge in [0.15, 0.2) is 5.82 Å². The van der Waals surface area contributed by atoms with Crippen molar-refractivity contribution in [1.29, 1.82) is 0 Å². The van der Waals surface area contributed by atoms with E-state index >= 15 is 0 Å². The molecule has 0 amide bonds. The second-order valence-corrected chi connectivity index (χ2v) is 8.66. The van der Waals surface area contributed by atoms with Gasteiger partial charge in [-0.1, -0.05) is 29.4 Å². The Bertz CT molecular complexity index is 782. The molecule has 150 valence electrons. The van der Waals surface area contributed by atoms with Gasteiger partial charge in [-0.25, -0.2) is 0 Å². The maximum Gasteiger partial charge on any atom is 0.240 e. The summed E-state index contributed by atoms with van der Waals surface area (Å²) in [6, 6.07) is 10.2. The third kappa shape index (κ3) is 3.73. The predicted molar refractivity (Wildman–Crippen MR) is 106 cm³/mol. The fraction of sp³-hybridized carbons (Fsp3) is 0.636. The molecule has 3 fully saturated rings. The fourth-order valence-electron chi connectivity index (χ4n) is 5.32. The van der Waals surface area contributed by atoms with E-state index in [1.165, 1.54) is 38.8 Å². The lowest BCUT2D eigenvalue weighted by Gasteiger charge is -2.35. The topological polar surface area (TPSA) is 54.6 Å². The summed E-state index contributed by atoms with van der Waals surface area (Å²) in [6.45, 7) is 4.96. The molecule has 4 aliphatic rings. The Morgan fingerprint density at radius 1 is 1.07 bits per heavy atom. The van der Waals surface area contributed by atoms with Crippen LogP contribution in [0.1, 0.15) is 35.7 Å². The summed E-state index contributed by atoms with van der Waals surface area (Å²) in [6.07, 6.45) is 5.76. The van der Waals surface area contributed by atoms with Crippen LogP contribution in [0.15, 0.2) is 28.8 Å². The van der Waals surface area contributed by atoms with Crippen LogP contribution in [0.2, 0.25) is 0 Å². The van der Waals surface area contributed by atoms with E-state index in [2.05, 4.69) is 44.2 Å². The molecule has 2 atom stereocenters. The first-order valence-corrected chi connectivity index (χ1v) is 10.6. The molecule has 0 spiro atoms. The molecule has 0 N–H and O–H groups in total. The maximum atomic E-state index is 5.51. The lowest BCUT2D eigenvalue weighted by Crippen LogP contribution is -2.44. The lowest BCUT2D eigenvalue weighted by molar-refractivity contribution is 0.107. The summed E-state index contributed by atoms with van der Waals surface area (Å²) in [5.41, 5.74) is 3.10. The summed E-state index contributed by atoms with van der Waals surface area (Å²) >= 11 is 0. The van der Waals surface area contributed by atoms with Crippen molar-refractivity contribution in [1.82, 2.24) is 19.9 Å². The molecule has 6 heteroatoms. The second kappa shape index (κ2) is 7.93. The zero-order chi connectivity index (χ0) is 18.9.